The summed E-state index contributed by atoms with van der Waals surface area (Å²) in [6, 6.07) is 3.46. The number of amides is 2. The van der Waals surface area contributed by atoms with E-state index < -0.39 is 35.6 Å². The number of imidazole rings is 1. The first-order chi connectivity index (χ1) is 18.4. The number of aromatic nitrogens is 3. The number of carbonyl (C=O) groups is 2. The summed E-state index contributed by atoms with van der Waals surface area (Å²) in [5.41, 5.74) is 7.60. The molecule has 0 radical (unpaired) electrons. The van der Waals surface area contributed by atoms with E-state index in [0.29, 0.717) is 47.9 Å². The number of fused-ring (bicyclic) bond motifs is 1. The summed E-state index contributed by atoms with van der Waals surface area (Å²) in [5, 5.41) is 13.7. The van der Waals surface area contributed by atoms with Gasteiger partial charge in [-0.1, -0.05) is 31.0 Å². The van der Waals surface area contributed by atoms with Crippen LogP contribution in [0.1, 0.15) is 77.6 Å². The minimum atomic E-state index is -0.600. The topological polar surface area (TPSA) is 148 Å². The number of primary amides is 1. The largest absolute Gasteiger partial charge is 0.389 e. The maximum Gasteiger partial charge on any atom is 0.254 e. The van der Waals surface area contributed by atoms with Crippen molar-refractivity contribution in [2.75, 3.05) is 26.3 Å². The summed E-state index contributed by atoms with van der Waals surface area (Å²) < 4.78 is 27.3. The number of aryl methyl sites for hydroxylation is 1. The summed E-state index contributed by atoms with van der Waals surface area (Å²) in [6.07, 6.45) is 3.93. The molecule has 1 aromatic carbocycles. The number of nitrogens with two attached hydrogens (primary N) is 1. The zero-order chi connectivity index (χ0) is 26.6. The van der Waals surface area contributed by atoms with Crippen molar-refractivity contribution in [2.24, 2.45) is 17.6 Å². The molecule has 2 saturated heterocycles. The van der Waals surface area contributed by atoms with Gasteiger partial charge in [0.1, 0.15) is 16.9 Å². The molecule has 38 heavy (non-hydrogen) atoms. The third-order valence-electron chi connectivity index (χ3n) is 8.43. The summed E-state index contributed by atoms with van der Waals surface area (Å²) in [4.78, 5) is 34.9. The smallest absolute Gasteiger partial charge is 0.254 e. The molecule has 3 fully saturated rings. The van der Waals surface area contributed by atoms with Crippen LogP contribution >= 0.6 is 0 Å². The molecule has 2 amide bonds. The van der Waals surface area contributed by atoms with Crippen LogP contribution in [0.15, 0.2) is 16.7 Å². The number of H-pyrrole nitrogens is 1. The molecule has 3 aliphatic rings. The maximum atomic E-state index is 16.0. The van der Waals surface area contributed by atoms with Crippen LogP contribution in [0, 0.1) is 17.7 Å². The van der Waals surface area contributed by atoms with Crippen molar-refractivity contribution < 1.29 is 28.3 Å². The van der Waals surface area contributed by atoms with Gasteiger partial charge in [0.2, 0.25) is 5.91 Å². The third kappa shape index (κ3) is 4.08. The highest BCUT2D eigenvalue weighted by atomic mass is 19.1. The van der Waals surface area contributed by atoms with Gasteiger partial charge in [-0.3, -0.25) is 9.59 Å². The number of likely N-dealkylation sites (tertiary alicyclic amines) is 1. The maximum absolute atomic E-state index is 16.0. The van der Waals surface area contributed by atoms with Gasteiger partial charge in [-0.15, -0.1) is 0 Å². The van der Waals surface area contributed by atoms with Gasteiger partial charge in [0.05, 0.1) is 42.4 Å². The molecule has 4 heterocycles. The number of hydrogen-bond donors (Lipinski definition) is 3. The van der Waals surface area contributed by atoms with E-state index in [1.54, 1.807) is 17.0 Å². The number of β-amino-alcohol motifs (C(OH)–C–C–N with tert-alkyl or cyclic N) is 1. The summed E-state index contributed by atoms with van der Waals surface area (Å²) in [6.45, 7) is 2.92. The molecule has 202 valence electrons. The summed E-state index contributed by atoms with van der Waals surface area (Å²) in [7, 11) is 0. The Balaban J connectivity index is 1.38. The number of nitrogens with zero attached hydrogens (tertiary/aromatic N) is 3. The van der Waals surface area contributed by atoms with Crippen molar-refractivity contribution in [2.45, 2.75) is 57.0 Å². The van der Waals surface area contributed by atoms with E-state index in [-0.39, 0.29) is 36.1 Å². The van der Waals surface area contributed by atoms with Crippen molar-refractivity contribution in [1.29, 1.82) is 0 Å². The van der Waals surface area contributed by atoms with Gasteiger partial charge in [-0.25, -0.2) is 9.37 Å². The lowest BCUT2D eigenvalue weighted by Crippen LogP contribution is -2.55. The predicted molar refractivity (Wildman–Crippen MR) is 134 cm³/mol. The Labute approximate surface area is 218 Å². The van der Waals surface area contributed by atoms with Crippen molar-refractivity contribution in [3.05, 3.63) is 46.4 Å². The molecule has 6 rings (SSSR count). The van der Waals surface area contributed by atoms with Gasteiger partial charge < -0.3 is 30.0 Å². The summed E-state index contributed by atoms with van der Waals surface area (Å²) >= 11 is 0. The fourth-order valence-corrected chi connectivity index (χ4v) is 6.39. The van der Waals surface area contributed by atoms with Gasteiger partial charge in [-0.05, 0) is 36.8 Å². The minimum absolute atomic E-state index is 0.127. The number of rotatable bonds is 7. The van der Waals surface area contributed by atoms with Crippen LogP contribution in [0.3, 0.4) is 0 Å². The number of benzene rings is 1. The van der Waals surface area contributed by atoms with Crippen LogP contribution in [0.2, 0.25) is 0 Å². The zero-order valence-corrected chi connectivity index (χ0v) is 21.3. The van der Waals surface area contributed by atoms with Crippen LogP contribution < -0.4 is 5.73 Å². The molecule has 4 N–H and O–H groups in total. The fraction of sp³-hybridized carbons (Fsp3) is 0.556. The quantitative estimate of drug-likeness (QED) is 0.429. The Bertz CT molecular complexity index is 1370. The molecule has 0 spiro atoms. The number of aliphatic hydroxyl groups is 1. The second-order valence-corrected chi connectivity index (χ2v) is 10.7. The molecule has 1 saturated carbocycles. The highest BCUT2D eigenvalue weighted by Crippen LogP contribution is 2.43. The molecule has 2 aliphatic heterocycles. The van der Waals surface area contributed by atoms with Crippen molar-refractivity contribution in [1.82, 2.24) is 20.0 Å². The van der Waals surface area contributed by atoms with Crippen molar-refractivity contribution in [3.63, 3.8) is 0 Å². The van der Waals surface area contributed by atoms with Crippen LogP contribution in [-0.2, 0) is 16.0 Å². The molecule has 1 aliphatic carbocycles. The Morgan fingerprint density at radius 3 is 2.71 bits per heavy atom. The standard InChI is InChI=1S/C27H32FN5O5/c1-2-18-21(25(29)35)24(38-32-18)20(13-5-3-4-6-13)26-30-19-8-7-15(22(28)23(19)31-26)16-11-37-12-17(16)27(36)33-9-14(34)10-33/h7-8,13-14,16-17,20,34H,2-6,9-12H2,1H3,(H2,29,35)(H,30,31)/t16?,17?,20-/m1/s1. The van der Waals surface area contributed by atoms with Gasteiger partial charge in [0.15, 0.2) is 11.6 Å². The van der Waals surface area contributed by atoms with E-state index in [9.17, 15) is 14.7 Å². The second-order valence-electron chi connectivity index (χ2n) is 10.7. The number of aliphatic hydroxyl groups excluding tert-OH is 1. The Kier molecular flexibility index (Phi) is 6.43. The normalized spacial score (nSPS) is 23.3. The second kappa shape index (κ2) is 9.77. The van der Waals surface area contributed by atoms with Gasteiger partial charge in [0, 0.05) is 19.0 Å². The highest BCUT2D eigenvalue weighted by Gasteiger charge is 2.42. The Morgan fingerprint density at radius 2 is 2.03 bits per heavy atom. The number of aromatic amines is 1. The van der Waals surface area contributed by atoms with Crippen LogP contribution in [0.5, 0.6) is 0 Å². The number of carbonyl (C=O) groups excluding carboxylic acids is 2. The summed E-state index contributed by atoms with van der Waals surface area (Å²) in [5.74, 6) is -1.56. The molecule has 3 aromatic rings. The van der Waals surface area contributed by atoms with E-state index in [2.05, 4.69) is 10.1 Å². The van der Waals surface area contributed by atoms with Gasteiger partial charge in [0.25, 0.3) is 5.91 Å². The van der Waals surface area contributed by atoms with Crippen LogP contribution in [0.4, 0.5) is 4.39 Å². The number of halogens is 1. The van der Waals surface area contributed by atoms with E-state index >= 15 is 4.39 Å². The lowest BCUT2D eigenvalue weighted by Gasteiger charge is -2.38. The minimum Gasteiger partial charge on any atom is -0.389 e. The number of nitrogens with one attached hydrogen (secondary N) is 1. The molecule has 0 bridgehead atoms. The third-order valence-corrected chi connectivity index (χ3v) is 8.43. The first-order valence-electron chi connectivity index (χ1n) is 13.4. The molecular formula is C27H32FN5O5. The predicted octanol–water partition coefficient (Wildman–Crippen LogP) is 2.61. The van der Waals surface area contributed by atoms with E-state index in [1.807, 2.05) is 6.92 Å². The Hall–Kier alpha value is -3.31. The molecular weight excluding hydrogens is 493 g/mol. The van der Waals surface area contributed by atoms with Crippen molar-refractivity contribution >= 4 is 22.8 Å². The van der Waals surface area contributed by atoms with E-state index in [4.69, 9.17) is 20.0 Å². The highest BCUT2D eigenvalue weighted by molar-refractivity contribution is 5.95. The monoisotopic (exact) mass is 525 g/mol. The molecule has 2 aromatic heterocycles. The van der Waals surface area contributed by atoms with Crippen LogP contribution in [0.25, 0.3) is 11.0 Å². The van der Waals surface area contributed by atoms with E-state index in [1.165, 1.54) is 0 Å². The number of hydrogen-bond acceptors (Lipinski definition) is 7. The average Bonchev–Trinajstić information content (AvgIpc) is 3.68. The Morgan fingerprint density at radius 1 is 1.26 bits per heavy atom. The average molecular weight is 526 g/mol. The lowest BCUT2D eigenvalue weighted by molar-refractivity contribution is -0.146. The van der Waals surface area contributed by atoms with Gasteiger partial charge in [-0.2, -0.15) is 0 Å². The van der Waals surface area contributed by atoms with Crippen LogP contribution in [-0.4, -0.2) is 69.4 Å². The first-order valence-corrected chi connectivity index (χ1v) is 13.4. The SMILES string of the molecule is CCc1noc([C@H](c2nc3c(F)c(C4COCC4C(=O)N4CC(O)C4)ccc3[nH]2)C2CCCC2)c1C(N)=O. The van der Waals surface area contributed by atoms with E-state index in [0.717, 1.165) is 25.7 Å². The number of ether oxygens (including phenoxy) is 1. The molecule has 11 heteroatoms. The zero-order valence-electron chi connectivity index (χ0n) is 21.3. The molecule has 2 unspecified atom stereocenters. The fourth-order valence-electron chi connectivity index (χ4n) is 6.39. The van der Waals surface area contributed by atoms with Crippen molar-refractivity contribution in [3.8, 4) is 0 Å². The lowest BCUT2D eigenvalue weighted by atomic mass is 9.85. The first kappa shape index (κ1) is 25.0. The molecule has 10 nitrogen and oxygen atoms in total. The molecule has 3 atom stereocenters. The van der Waals surface area contributed by atoms with Gasteiger partial charge >= 0.3 is 0 Å².